The first-order valence-electron chi connectivity index (χ1n) is 6.59. The third-order valence-electron chi connectivity index (χ3n) is 3.04. The standard InChI is InChI=1S/C15H18N4O/c1-20-14-5-4-12(9-13(14)10-16)11-17-6-2-3-15-18-7-8-19-15/h4-5,7-9,17H,2-3,6,11H2,1H3,(H,18,19). The van der Waals surface area contributed by atoms with Crippen molar-refractivity contribution in [3.63, 3.8) is 0 Å². The Morgan fingerprint density at radius 1 is 1.45 bits per heavy atom. The van der Waals surface area contributed by atoms with Crippen molar-refractivity contribution < 1.29 is 4.74 Å². The van der Waals surface area contributed by atoms with E-state index in [2.05, 4.69) is 21.4 Å². The lowest BCUT2D eigenvalue weighted by molar-refractivity contribution is 0.413. The lowest BCUT2D eigenvalue weighted by Gasteiger charge is -2.07. The summed E-state index contributed by atoms with van der Waals surface area (Å²) < 4.78 is 5.12. The Morgan fingerprint density at radius 2 is 2.35 bits per heavy atom. The molecule has 0 aliphatic carbocycles. The fourth-order valence-electron chi connectivity index (χ4n) is 2.00. The van der Waals surface area contributed by atoms with Crippen LogP contribution in [-0.4, -0.2) is 23.6 Å². The molecule has 0 radical (unpaired) electrons. The smallest absolute Gasteiger partial charge is 0.136 e. The summed E-state index contributed by atoms with van der Waals surface area (Å²) in [6, 6.07) is 7.80. The van der Waals surface area contributed by atoms with Crippen molar-refractivity contribution in [2.75, 3.05) is 13.7 Å². The van der Waals surface area contributed by atoms with Crippen LogP contribution >= 0.6 is 0 Å². The van der Waals surface area contributed by atoms with Gasteiger partial charge in [-0.25, -0.2) is 4.98 Å². The van der Waals surface area contributed by atoms with E-state index in [0.717, 1.165) is 37.3 Å². The number of imidazole rings is 1. The number of aromatic nitrogens is 2. The molecule has 2 aromatic rings. The van der Waals surface area contributed by atoms with Crippen LogP contribution in [0, 0.1) is 11.3 Å². The number of ether oxygens (including phenoxy) is 1. The van der Waals surface area contributed by atoms with E-state index in [1.165, 1.54) is 0 Å². The van der Waals surface area contributed by atoms with Crippen molar-refractivity contribution in [2.45, 2.75) is 19.4 Å². The SMILES string of the molecule is COc1ccc(CNCCCc2ncc[nH]2)cc1C#N. The topological polar surface area (TPSA) is 73.7 Å². The first-order valence-corrected chi connectivity index (χ1v) is 6.59. The van der Waals surface area contributed by atoms with E-state index in [0.29, 0.717) is 11.3 Å². The summed E-state index contributed by atoms with van der Waals surface area (Å²) in [5, 5.41) is 12.4. The molecule has 0 saturated carbocycles. The van der Waals surface area contributed by atoms with Gasteiger partial charge in [-0.3, -0.25) is 0 Å². The van der Waals surface area contributed by atoms with Crippen molar-refractivity contribution in [3.8, 4) is 11.8 Å². The van der Waals surface area contributed by atoms with E-state index in [1.807, 2.05) is 24.4 Å². The summed E-state index contributed by atoms with van der Waals surface area (Å²) in [5.74, 6) is 1.64. The van der Waals surface area contributed by atoms with Gasteiger partial charge in [-0.1, -0.05) is 6.07 Å². The molecule has 0 spiro atoms. The van der Waals surface area contributed by atoms with Crippen LogP contribution in [0.2, 0.25) is 0 Å². The van der Waals surface area contributed by atoms with Crippen molar-refractivity contribution in [1.29, 1.82) is 5.26 Å². The molecule has 20 heavy (non-hydrogen) atoms. The van der Waals surface area contributed by atoms with Gasteiger partial charge in [0.05, 0.1) is 12.7 Å². The van der Waals surface area contributed by atoms with Crippen LogP contribution in [0.5, 0.6) is 5.75 Å². The van der Waals surface area contributed by atoms with Crippen LogP contribution in [0.3, 0.4) is 0 Å². The summed E-state index contributed by atoms with van der Waals surface area (Å²) in [6.07, 6.45) is 5.56. The maximum Gasteiger partial charge on any atom is 0.136 e. The minimum atomic E-state index is 0.572. The summed E-state index contributed by atoms with van der Waals surface area (Å²) in [6.45, 7) is 1.66. The molecule has 1 aromatic carbocycles. The zero-order chi connectivity index (χ0) is 14.2. The summed E-state index contributed by atoms with van der Waals surface area (Å²) in [7, 11) is 1.57. The van der Waals surface area contributed by atoms with Gasteiger partial charge in [0, 0.05) is 25.4 Å². The lowest BCUT2D eigenvalue weighted by Crippen LogP contribution is -2.15. The first-order chi connectivity index (χ1) is 9.83. The fourth-order valence-corrected chi connectivity index (χ4v) is 2.00. The van der Waals surface area contributed by atoms with Gasteiger partial charge in [-0.2, -0.15) is 5.26 Å². The molecule has 104 valence electrons. The molecule has 2 rings (SSSR count). The number of rotatable bonds is 7. The van der Waals surface area contributed by atoms with Gasteiger partial charge in [0.25, 0.3) is 0 Å². The number of benzene rings is 1. The van der Waals surface area contributed by atoms with Gasteiger partial charge >= 0.3 is 0 Å². The number of nitrogens with zero attached hydrogens (tertiary/aromatic N) is 2. The molecular formula is C15H18N4O. The van der Waals surface area contributed by atoms with Crippen molar-refractivity contribution in [2.24, 2.45) is 0 Å². The number of hydrogen-bond donors (Lipinski definition) is 2. The molecule has 2 N–H and O–H groups in total. The first kappa shape index (κ1) is 14.1. The molecular weight excluding hydrogens is 252 g/mol. The second kappa shape index (κ2) is 7.31. The highest BCUT2D eigenvalue weighted by atomic mass is 16.5. The van der Waals surface area contributed by atoms with Crippen LogP contribution in [0.15, 0.2) is 30.6 Å². The highest BCUT2D eigenvalue weighted by Gasteiger charge is 2.03. The Morgan fingerprint density at radius 3 is 3.05 bits per heavy atom. The second-order valence-corrected chi connectivity index (χ2v) is 4.46. The second-order valence-electron chi connectivity index (χ2n) is 4.46. The van der Waals surface area contributed by atoms with Crippen LogP contribution in [0.4, 0.5) is 0 Å². The molecule has 0 unspecified atom stereocenters. The highest BCUT2D eigenvalue weighted by molar-refractivity contribution is 5.45. The molecule has 0 bridgehead atoms. The number of aryl methyl sites for hydroxylation is 1. The molecule has 0 aliphatic rings. The average Bonchev–Trinajstić information content (AvgIpc) is 3.00. The number of methoxy groups -OCH3 is 1. The summed E-state index contributed by atoms with van der Waals surface area (Å²) in [5.41, 5.74) is 1.66. The monoisotopic (exact) mass is 270 g/mol. The Balaban J connectivity index is 1.75. The quantitative estimate of drug-likeness (QED) is 0.755. The van der Waals surface area contributed by atoms with Gasteiger partial charge < -0.3 is 15.0 Å². The number of nitrogens with one attached hydrogen (secondary N) is 2. The van der Waals surface area contributed by atoms with Gasteiger partial charge in [0.1, 0.15) is 17.6 Å². The molecule has 0 amide bonds. The van der Waals surface area contributed by atoms with Crippen LogP contribution < -0.4 is 10.1 Å². The van der Waals surface area contributed by atoms with E-state index >= 15 is 0 Å². The van der Waals surface area contributed by atoms with E-state index in [9.17, 15) is 0 Å². The molecule has 1 heterocycles. The Kier molecular flexibility index (Phi) is 5.15. The fraction of sp³-hybridized carbons (Fsp3) is 0.333. The van der Waals surface area contributed by atoms with Crippen LogP contribution in [0.25, 0.3) is 0 Å². The predicted molar refractivity (Wildman–Crippen MR) is 76.3 cm³/mol. The number of aromatic amines is 1. The van der Waals surface area contributed by atoms with E-state index in [1.54, 1.807) is 13.3 Å². The molecule has 0 aliphatic heterocycles. The maximum atomic E-state index is 9.03. The van der Waals surface area contributed by atoms with Crippen molar-refractivity contribution >= 4 is 0 Å². The van der Waals surface area contributed by atoms with Gasteiger partial charge in [0.2, 0.25) is 0 Å². The zero-order valence-electron chi connectivity index (χ0n) is 11.5. The zero-order valence-corrected chi connectivity index (χ0v) is 11.5. The number of H-pyrrole nitrogens is 1. The minimum absolute atomic E-state index is 0.572. The number of nitriles is 1. The number of hydrogen-bond acceptors (Lipinski definition) is 4. The largest absolute Gasteiger partial charge is 0.495 e. The van der Waals surface area contributed by atoms with Crippen LogP contribution in [0.1, 0.15) is 23.4 Å². The van der Waals surface area contributed by atoms with Gasteiger partial charge in [-0.05, 0) is 30.7 Å². The van der Waals surface area contributed by atoms with Gasteiger partial charge in [0.15, 0.2) is 0 Å². The van der Waals surface area contributed by atoms with Gasteiger partial charge in [-0.15, -0.1) is 0 Å². The maximum absolute atomic E-state index is 9.03. The normalized spacial score (nSPS) is 10.2. The molecule has 5 heteroatoms. The third-order valence-corrected chi connectivity index (χ3v) is 3.04. The Hall–Kier alpha value is -2.32. The summed E-state index contributed by atoms with van der Waals surface area (Å²) in [4.78, 5) is 7.27. The minimum Gasteiger partial charge on any atom is -0.495 e. The molecule has 1 aromatic heterocycles. The molecule has 5 nitrogen and oxygen atoms in total. The van der Waals surface area contributed by atoms with Crippen LogP contribution in [-0.2, 0) is 13.0 Å². The van der Waals surface area contributed by atoms with Crippen molar-refractivity contribution in [3.05, 3.63) is 47.5 Å². The van der Waals surface area contributed by atoms with E-state index < -0.39 is 0 Å². The molecule has 0 fully saturated rings. The molecule has 0 saturated heterocycles. The third kappa shape index (κ3) is 3.84. The van der Waals surface area contributed by atoms with E-state index in [4.69, 9.17) is 10.00 Å². The molecule has 0 atom stereocenters. The average molecular weight is 270 g/mol. The Labute approximate surface area is 118 Å². The lowest BCUT2D eigenvalue weighted by atomic mass is 10.1. The highest BCUT2D eigenvalue weighted by Crippen LogP contribution is 2.18. The Bertz CT molecular complexity index is 572. The summed E-state index contributed by atoms with van der Waals surface area (Å²) >= 11 is 0. The van der Waals surface area contributed by atoms with Crippen molar-refractivity contribution in [1.82, 2.24) is 15.3 Å². The van der Waals surface area contributed by atoms with E-state index in [-0.39, 0.29) is 0 Å². The predicted octanol–water partition coefficient (Wildman–Crippen LogP) is 2.01.